The molecule has 0 aliphatic rings. The lowest BCUT2D eigenvalue weighted by molar-refractivity contribution is -0.121. The van der Waals surface area contributed by atoms with Crippen LogP contribution < -0.4 is 0 Å². The summed E-state index contributed by atoms with van der Waals surface area (Å²) in [5.41, 5.74) is 0.310. The molecule has 0 bridgehead atoms. The van der Waals surface area contributed by atoms with Gasteiger partial charge in [-0.05, 0) is 6.08 Å². The van der Waals surface area contributed by atoms with Crippen molar-refractivity contribution < 1.29 is 4.79 Å². The van der Waals surface area contributed by atoms with Crippen molar-refractivity contribution >= 4 is 11.6 Å². The third kappa shape index (κ3) is 2.80. The second-order valence-electron chi connectivity index (χ2n) is 2.10. The standard InChI is InChI=1S/C8H12N2O/c1-5-7(9-6-2)8(11)10(3)4/h5-6H,1-2H2,3-4H3. The molecule has 60 valence electrons. The Morgan fingerprint density at radius 1 is 1.45 bits per heavy atom. The molecule has 0 aromatic carbocycles. The van der Waals surface area contributed by atoms with Crippen LogP contribution in [0.5, 0.6) is 0 Å². The largest absolute Gasteiger partial charge is 0.343 e. The van der Waals surface area contributed by atoms with Gasteiger partial charge in [0.2, 0.25) is 0 Å². The predicted molar refractivity (Wildman–Crippen MR) is 46.5 cm³/mol. The number of hydrogen-bond donors (Lipinski definition) is 0. The van der Waals surface area contributed by atoms with Crippen LogP contribution in [-0.4, -0.2) is 30.6 Å². The van der Waals surface area contributed by atoms with E-state index in [0.717, 1.165) is 0 Å². The number of amides is 1. The normalized spacial score (nSPS) is 10.5. The SMILES string of the molecule is C=CN=C(C=C)C(=O)N(C)C. The molecule has 0 aliphatic heterocycles. The molecule has 0 N–H and O–H groups in total. The van der Waals surface area contributed by atoms with Crippen molar-refractivity contribution in [3.63, 3.8) is 0 Å². The Kier molecular flexibility index (Phi) is 3.88. The number of carbonyl (C=O) groups is 1. The summed E-state index contributed by atoms with van der Waals surface area (Å²) < 4.78 is 0. The lowest BCUT2D eigenvalue weighted by Crippen LogP contribution is -2.28. The van der Waals surface area contributed by atoms with Gasteiger partial charge in [0.1, 0.15) is 5.71 Å². The van der Waals surface area contributed by atoms with E-state index in [1.165, 1.54) is 17.2 Å². The summed E-state index contributed by atoms with van der Waals surface area (Å²) >= 11 is 0. The molecule has 0 fully saturated rings. The Morgan fingerprint density at radius 3 is 2.27 bits per heavy atom. The van der Waals surface area contributed by atoms with Crippen molar-refractivity contribution in [3.8, 4) is 0 Å². The summed E-state index contributed by atoms with van der Waals surface area (Å²) in [6.45, 7) is 6.84. The van der Waals surface area contributed by atoms with Gasteiger partial charge in [0.25, 0.3) is 5.91 Å². The smallest absolute Gasteiger partial charge is 0.271 e. The summed E-state index contributed by atoms with van der Waals surface area (Å²) in [5, 5.41) is 0. The van der Waals surface area contributed by atoms with Crippen molar-refractivity contribution in [2.75, 3.05) is 14.1 Å². The van der Waals surface area contributed by atoms with Gasteiger partial charge in [-0.15, -0.1) is 0 Å². The van der Waals surface area contributed by atoms with Crippen LogP contribution in [0.4, 0.5) is 0 Å². The summed E-state index contributed by atoms with van der Waals surface area (Å²) in [5.74, 6) is -0.167. The third-order valence-corrected chi connectivity index (χ3v) is 1.05. The van der Waals surface area contributed by atoms with Crippen molar-refractivity contribution in [1.82, 2.24) is 4.90 Å². The maximum Gasteiger partial charge on any atom is 0.271 e. The Labute approximate surface area is 66.7 Å². The highest BCUT2D eigenvalue weighted by molar-refractivity contribution is 6.43. The number of nitrogens with zero attached hydrogens (tertiary/aromatic N) is 2. The summed E-state index contributed by atoms with van der Waals surface area (Å²) in [7, 11) is 3.31. The van der Waals surface area contributed by atoms with Crippen LogP contribution in [0.3, 0.4) is 0 Å². The van der Waals surface area contributed by atoms with Crippen molar-refractivity contribution in [2.45, 2.75) is 0 Å². The minimum absolute atomic E-state index is 0.167. The highest BCUT2D eigenvalue weighted by atomic mass is 16.2. The summed E-state index contributed by atoms with van der Waals surface area (Å²) in [4.78, 5) is 16.3. The van der Waals surface area contributed by atoms with Gasteiger partial charge in [-0.1, -0.05) is 13.2 Å². The second kappa shape index (κ2) is 4.44. The van der Waals surface area contributed by atoms with Crippen LogP contribution in [0, 0.1) is 0 Å². The van der Waals surface area contributed by atoms with E-state index in [4.69, 9.17) is 0 Å². The molecule has 11 heavy (non-hydrogen) atoms. The van der Waals surface area contributed by atoms with Crippen LogP contribution in [0.15, 0.2) is 30.4 Å². The Bertz CT molecular complexity index is 204. The van der Waals surface area contributed by atoms with Gasteiger partial charge in [-0.25, -0.2) is 0 Å². The fraction of sp³-hybridized carbons (Fsp3) is 0.250. The topological polar surface area (TPSA) is 32.7 Å². The van der Waals surface area contributed by atoms with E-state index in [1.54, 1.807) is 14.1 Å². The summed E-state index contributed by atoms with van der Waals surface area (Å²) in [6, 6.07) is 0. The van der Waals surface area contributed by atoms with E-state index in [2.05, 4.69) is 18.2 Å². The van der Waals surface area contributed by atoms with Crippen molar-refractivity contribution in [2.24, 2.45) is 4.99 Å². The average Bonchev–Trinajstić information content (AvgIpc) is 1.98. The molecule has 0 unspecified atom stereocenters. The van der Waals surface area contributed by atoms with E-state index in [-0.39, 0.29) is 5.91 Å². The van der Waals surface area contributed by atoms with E-state index >= 15 is 0 Å². The maximum atomic E-state index is 11.1. The molecule has 0 aliphatic carbocycles. The van der Waals surface area contributed by atoms with E-state index in [0.29, 0.717) is 5.71 Å². The fourth-order valence-electron chi connectivity index (χ4n) is 0.523. The molecule has 0 heterocycles. The van der Waals surface area contributed by atoms with Gasteiger partial charge in [0.15, 0.2) is 0 Å². The first-order valence-electron chi connectivity index (χ1n) is 3.16. The zero-order valence-corrected chi connectivity index (χ0v) is 6.87. The second-order valence-corrected chi connectivity index (χ2v) is 2.10. The van der Waals surface area contributed by atoms with Gasteiger partial charge in [-0.2, -0.15) is 0 Å². The number of aliphatic imine (C=N–C) groups is 1. The van der Waals surface area contributed by atoms with Gasteiger partial charge < -0.3 is 4.90 Å². The first-order valence-corrected chi connectivity index (χ1v) is 3.16. The van der Waals surface area contributed by atoms with Crippen LogP contribution in [-0.2, 0) is 4.79 Å². The van der Waals surface area contributed by atoms with Crippen molar-refractivity contribution in [3.05, 3.63) is 25.4 Å². The zero-order valence-electron chi connectivity index (χ0n) is 6.87. The van der Waals surface area contributed by atoms with Crippen molar-refractivity contribution in [1.29, 1.82) is 0 Å². The monoisotopic (exact) mass is 152 g/mol. The van der Waals surface area contributed by atoms with Crippen LogP contribution >= 0.6 is 0 Å². The zero-order chi connectivity index (χ0) is 8.85. The lowest BCUT2D eigenvalue weighted by atomic mass is 10.3. The minimum atomic E-state index is -0.167. The molecule has 0 atom stereocenters. The van der Waals surface area contributed by atoms with Gasteiger partial charge in [0, 0.05) is 20.3 Å². The molecule has 0 rings (SSSR count). The number of carbonyl (C=O) groups excluding carboxylic acids is 1. The van der Waals surface area contributed by atoms with Gasteiger partial charge >= 0.3 is 0 Å². The maximum absolute atomic E-state index is 11.1. The Balaban J connectivity index is 4.51. The van der Waals surface area contributed by atoms with Gasteiger partial charge in [0.05, 0.1) is 0 Å². The Morgan fingerprint density at radius 2 is 2.00 bits per heavy atom. The minimum Gasteiger partial charge on any atom is -0.343 e. The molecule has 1 amide bonds. The van der Waals surface area contributed by atoms with E-state index in [1.807, 2.05) is 0 Å². The van der Waals surface area contributed by atoms with Crippen LogP contribution in [0.1, 0.15) is 0 Å². The lowest BCUT2D eigenvalue weighted by Gasteiger charge is -2.08. The summed E-state index contributed by atoms with van der Waals surface area (Å²) in [6.07, 6.45) is 2.72. The number of rotatable bonds is 3. The molecule has 3 nitrogen and oxygen atoms in total. The molecule has 0 aromatic heterocycles. The quantitative estimate of drug-likeness (QED) is 0.552. The van der Waals surface area contributed by atoms with Gasteiger partial charge in [-0.3, -0.25) is 9.79 Å². The van der Waals surface area contributed by atoms with E-state index in [9.17, 15) is 4.79 Å². The molecule has 0 saturated carbocycles. The highest BCUT2D eigenvalue weighted by Crippen LogP contribution is 1.87. The molecule has 0 saturated heterocycles. The average molecular weight is 152 g/mol. The first kappa shape index (κ1) is 9.62. The highest BCUT2D eigenvalue weighted by Gasteiger charge is 2.07. The first-order chi connectivity index (χ1) is 5.13. The predicted octanol–water partition coefficient (Wildman–Crippen LogP) is 0.845. The van der Waals surface area contributed by atoms with Crippen LogP contribution in [0.2, 0.25) is 0 Å². The third-order valence-electron chi connectivity index (χ3n) is 1.05. The van der Waals surface area contributed by atoms with E-state index < -0.39 is 0 Å². The number of hydrogen-bond acceptors (Lipinski definition) is 2. The molecular weight excluding hydrogens is 140 g/mol. The van der Waals surface area contributed by atoms with Crippen LogP contribution in [0.25, 0.3) is 0 Å². The molecule has 3 heteroatoms. The molecule has 0 radical (unpaired) electrons. The molecular formula is C8H12N2O. The molecule has 0 spiro atoms. The molecule has 0 aromatic rings. The Hall–Kier alpha value is -1.38. The fourth-order valence-corrected chi connectivity index (χ4v) is 0.523.